The molecule has 2 aromatic rings. The van der Waals surface area contributed by atoms with Crippen LogP contribution in [0.5, 0.6) is 0 Å². The minimum absolute atomic E-state index is 0.00262. The molecule has 1 unspecified atom stereocenters. The minimum atomic E-state index is -0.0782. The lowest BCUT2D eigenvalue weighted by Crippen LogP contribution is -2.26. The normalized spacial score (nSPS) is 18.0. The van der Waals surface area contributed by atoms with E-state index in [1.165, 1.54) is 11.8 Å². The Balaban J connectivity index is 1.97. The van der Waals surface area contributed by atoms with E-state index in [1.54, 1.807) is 0 Å². The Bertz CT molecular complexity index is 640. The first-order valence-corrected chi connectivity index (χ1v) is 6.69. The Hall–Kier alpha value is -1.86. The second-order valence-electron chi connectivity index (χ2n) is 4.17. The number of thioether (sulfide) groups is 1. The molecule has 6 nitrogen and oxygen atoms in total. The minimum Gasteiger partial charge on any atom is -0.419 e. The zero-order valence-electron chi connectivity index (χ0n) is 10.2. The molecule has 98 valence electrons. The molecule has 1 aromatic heterocycles. The van der Waals surface area contributed by atoms with Crippen LogP contribution in [-0.4, -0.2) is 21.4 Å². The maximum atomic E-state index is 11.7. The maximum Gasteiger partial charge on any atom is 0.247 e. The van der Waals surface area contributed by atoms with Gasteiger partial charge in [-0.1, -0.05) is 0 Å². The summed E-state index contributed by atoms with van der Waals surface area (Å²) in [7, 11) is 0. The molecule has 3 N–H and O–H groups in total. The van der Waals surface area contributed by atoms with E-state index in [2.05, 4.69) is 15.5 Å². The van der Waals surface area contributed by atoms with E-state index in [0.717, 1.165) is 16.1 Å². The number of rotatable bonds is 2. The van der Waals surface area contributed by atoms with Crippen molar-refractivity contribution in [1.82, 2.24) is 10.2 Å². The quantitative estimate of drug-likeness (QED) is 0.865. The Morgan fingerprint density at radius 3 is 3.05 bits per heavy atom. The average molecular weight is 276 g/mol. The summed E-state index contributed by atoms with van der Waals surface area (Å²) in [4.78, 5) is 12.7. The summed E-state index contributed by atoms with van der Waals surface area (Å²) < 4.78 is 5.39. The molecule has 1 aromatic carbocycles. The van der Waals surface area contributed by atoms with Crippen molar-refractivity contribution in [2.24, 2.45) is 5.73 Å². The third-order valence-corrected chi connectivity index (χ3v) is 3.98. The molecule has 2 heterocycles. The van der Waals surface area contributed by atoms with Gasteiger partial charge in [-0.15, -0.1) is 22.0 Å². The number of aromatic nitrogens is 2. The van der Waals surface area contributed by atoms with Crippen molar-refractivity contribution in [2.75, 3.05) is 5.32 Å². The lowest BCUT2D eigenvalue weighted by atomic mass is 10.2. The predicted molar refractivity (Wildman–Crippen MR) is 71.6 cm³/mol. The number of anilines is 1. The third kappa shape index (κ3) is 2.22. The summed E-state index contributed by atoms with van der Waals surface area (Å²) in [5.41, 5.74) is 6.97. The number of nitrogens with zero attached hydrogens (tertiary/aromatic N) is 2. The molecule has 0 saturated heterocycles. The van der Waals surface area contributed by atoms with Crippen LogP contribution in [0, 0.1) is 0 Å². The number of amides is 1. The van der Waals surface area contributed by atoms with Crippen LogP contribution in [-0.2, 0) is 11.3 Å². The molecule has 1 atom stereocenters. The van der Waals surface area contributed by atoms with E-state index in [0.29, 0.717) is 11.8 Å². The number of hydrogen-bond acceptors (Lipinski definition) is 6. The predicted octanol–water partition coefficient (Wildman–Crippen LogP) is 1.63. The van der Waals surface area contributed by atoms with Gasteiger partial charge in [-0.05, 0) is 25.1 Å². The van der Waals surface area contributed by atoms with E-state index < -0.39 is 0 Å². The second kappa shape index (κ2) is 4.67. The maximum absolute atomic E-state index is 11.7. The van der Waals surface area contributed by atoms with Gasteiger partial charge in [0.1, 0.15) is 0 Å². The lowest BCUT2D eigenvalue weighted by molar-refractivity contribution is -0.115. The second-order valence-corrected chi connectivity index (χ2v) is 5.55. The van der Waals surface area contributed by atoms with Crippen molar-refractivity contribution in [2.45, 2.75) is 23.6 Å². The van der Waals surface area contributed by atoms with Gasteiger partial charge >= 0.3 is 0 Å². The number of benzene rings is 1. The molecule has 1 aliphatic heterocycles. The SMILES string of the molecule is CC1Sc2ccc(-c3nnc(CN)o3)cc2NC1=O. The molecule has 0 spiro atoms. The number of hydrogen-bond donors (Lipinski definition) is 2. The summed E-state index contributed by atoms with van der Waals surface area (Å²) in [6, 6.07) is 5.67. The highest BCUT2D eigenvalue weighted by atomic mass is 32.2. The number of carbonyl (C=O) groups is 1. The molecule has 7 heteroatoms. The van der Waals surface area contributed by atoms with E-state index in [-0.39, 0.29) is 17.7 Å². The third-order valence-electron chi connectivity index (χ3n) is 2.80. The van der Waals surface area contributed by atoms with Crippen LogP contribution in [0.3, 0.4) is 0 Å². The number of nitrogens with one attached hydrogen (secondary N) is 1. The van der Waals surface area contributed by atoms with E-state index in [4.69, 9.17) is 10.2 Å². The Morgan fingerprint density at radius 2 is 2.32 bits per heavy atom. The molecule has 0 aliphatic carbocycles. The largest absolute Gasteiger partial charge is 0.419 e. The van der Waals surface area contributed by atoms with Crippen LogP contribution >= 0.6 is 11.8 Å². The topological polar surface area (TPSA) is 94.0 Å². The summed E-state index contributed by atoms with van der Waals surface area (Å²) in [6.07, 6.45) is 0. The molecular weight excluding hydrogens is 264 g/mol. The van der Waals surface area contributed by atoms with Crippen LogP contribution in [0.2, 0.25) is 0 Å². The van der Waals surface area contributed by atoms with Crippen molar-refractivity contribution in [3.8, 4) is 11.5 Å². The van der Waals surface area contributed by atoms with Gasteiger partial charge in [-0.2, -0.15) is 0 Å². The zero-order chi connectivity index (χ0) is 13.4. The van der Waals surface area contributed by atoms with Gasteiger partial charge in [0.2, 0.25) is 17.7 Å². The molecule has 0 saturated carbocycles. The van der Waals surface area contributed by atoms with E-state index in [1.807, 2.05) is 25.1 Å². The fourth-order valence-corrected chi connectivity index (χ4v) is 2.72. The molecule has 0 fully saturated rings. The standard InChI is InChI=1S/C12H12N4O2S/c1-6-11(17)14-8-4-7(2-3-9(8)19-6)12-16-15-10(5-13)18-12/h2-4,6H,5,13H2,1H3,(H,14,17). The van der Waals surface area contributed by atoms with Gasteiger partial charge in [0.05, 0.1) is 17.5 Å². The molecule has 1 aliphatic rings. The Labute approximate surface area is 113 Å². The summed E-state index contributed by atoms with van der Waals surface area (Å²) in [5.74, 6) is 0.795. The average Bonchev–Trinajstić information content (AvgIpc) is 2.88. The number of carbonyl (C=O) groups excluding carboxylic acids is 1. The highest BCUT2D eigenvalue weighted by Gasteiger charge is 2.23. The van der Waals surface area contributed by atoms with Crippen molar-refractivity contribution in [1.29, 1.82) is 0 Å². The van der Waals surface area contributed by atoms with Crippen molar-refractivity contribution in [3.63, 3.8) is 0 Å². The molecule has 1 amide bonds. The van der Waals surface area contributed by atoms with Gasteiger partial charge in [0.25, 0.3) is 0 Å². The first-order valence-electron chi connectivity index (χ1n) is 5.82. The van der Waals surface area contributed by atoms with Crippen molar-refractivity contribution in [3.05, 3.63) is 24.1 Å². The van der Waals surface area contributed by atoms with Crippen LogP contribution in [0.15, 0.2) is 27.5 Å². The van der Waals surface area contributed by atoms with Gasteiger partial charge < -0.3 is 15.5 Å². The molecule has 3 rings (SSSR count). The fourth-order valence-electron chi connectivity index (χ4n) is 1.79. The molecule has 0 radical (unpaired) electrons. The lowest BCUT2D eigenvalue weighted by Gasteiger charge is -2.21. The first kappa shape index (κ1) is 12.2. The van der Waals surface area contributed by atoms with Crippen molar-refractivity contribution >= 4 is 23.4 Å². The molecular formula is C12H12N4O2S. The zero-order valence-corrected chi connectivity index (χ0v) is 11.0. The highest BCUT2D eigenvalue weighted by molar-refractivity contribution is 8.00. The molecule has 19 heavy (non-hydrogen) atoms. The Morgan fingerprint density at radius 1 is 1.47 bits per heavy atom. The number of fused-ring (bicyclic) bond motifs is 1. The molecule has 0 bridgehead atoms. The van der Waals surface area contributed by atoms with Crippen molar-refractivity contribution < 1.29 is 9.21 Å². The van der Waals surface area contributed by atoms with Gasteiger partial charge in [0.15, 0.2) is 0 Å². The van der Waals surface area contributed by atoms with Gasteiger partial charge in [0, 0.05) is 10.5 Å². The van der Waals surface area contributed by atoms with E-state index in [9.17, 15) is 4.79 Å². The van der Waals surface area contributed by atoms with E-state index >= 15 is 0 Å². The Kier molecular flexibility index (Phi) is 3.00. The van der Waals surface area contributed by atoms with Gasteiger partial charge in [-0.3, -0.25) is 4.79 Å². The summed E-state index contributed by atoms with van der Waals surface area (Å²) >= 11 is 1.53. The number of nitrogens with two attached hydrogens (primary N) is 1. The highest BCUT2D eigenvalue weighted by Crippen LogP contribution is 2.37. The smallest absolute Gasteiger partial charge is 0.247 e. The summed E-state index contributed by atoms with van der Waals surface area (Å²) in [6.45, 7) is 2.09. The van der Waals surface area contributed by atoms with Crippen LogP contribution in [0.4, 0.5) is 5.69 Å². The van der Waals surface area contributed by atoms with Crippen LogP contribution < -0.4 is 11.1 Å². The van der Waals surface area contributed by atoms with Crippen LogP contribution in [0.1, 0.15) is 12.8 Å². The fraction of sp³-hybridized carbons (Fsp3) is 0.250. The summed E-state index contributed by atoms with van der Waals surface area (Å²) in [5, 5.41) is 10.5. The monoisotopic (exact) mass is 276 g/mol. The van der Waals surface area contributed by atoms with Gasteiger partial charge in [-0.25, -0.2) is 0 Å². The first-order chi connectivity index (χ1) is 9.17. The van der Waals surface area contributed by atoms with Crippen LogP contribution in [0.25, 0.3) is 11.5 Å².